The lowest BCUT2D eigenvalue weighted by Gasteiger charge is -2.43. The average Bonchev–Trinajstić information content (AvgIpc) is 3.25. The number of nitriles is 1. The van der Waals surface area contributed by atoms with Gasteiger partial charge in [-0.1, -0.05) is 0 Å². The van der Waals surface area contributed by atoms with Crippen LogP contribution in [-0.4, -0.2) is 62.9 Å². The Kier molecular flexibility index (Phi) is 5.69. The summed E-state index contributed by atoms with van der Waals surface area (Å²) in [6.07, 6.45) is -1.94. The van der Waals surface area contributed by atoms with E-state index in [0.717, 1.165) is 12.3 Å². The fourth-order valence-corrected chi connectivity index (χ4v) is 5.98. The molecule has 2 amide bonds. The molecule has 1 aromatic rings. The third-order valence-electron chi connectivity index (χ3n) is 7.36. The van der Waals surface area contributed by atoms with Gasteiger partial charge in [0.15, 0.2) is 6.19 Å². The first-order chi connectivity index (χ1) is 15.8. The molecule has 1 saturated carbocycles. The number of halogens is 3. The van der Waals surface area contributed by atoms with Gasteiger partial charge < -0.3 is 24.6 Å². The number of fused-ring (bicyclic) bond motifs is 2. The molecule has 0 aromatic carbocycles. The van der Waals surface area contributed by atoms with E-state index in [-0.39, 0.29) is 31.3 Å². The maximum Gasteiger partial charge on any atom is 0.417 e. The number of alkyl halides is 3. The van der Waals surface area contributed by atoms with Gasteiger partial charge in [0.1, 0.15) is 6.09 Å². The zero-order valence-corrected chi connectivity index (χ0v) is 19.4. The SMILES string of the molecule is CC(C)(C)N(C(=O)[O-])[C@@H]1C[C@H]2CN(C#N)C[C@@]2(C(=O)N2CCc3ncc(C(F)(F)F)cc3C2)C1. The fraction of sp³-hybridized carbons (Fsp3) is 0.652. The monoisotopic (exact) mass is 478 g/mol. The van der Waals surface area contributed by atoms with Gasteiger partial charge in [-0.25, -0.2) is 0 Å². The van der Waals surface area contributed by atoms with Crippen LogP contribution < -0.4 is 5.11 Å². The molecule has 8 nitrogen and oxygen atoms in total. The van der Waals surface area contributed by atoms with Crippen LogP contribution in [0.25, 0.3) is 0 Å². The van der Waals surface area contributed by atoms with Gasteiger partial charge in [-0.3, -0.25) is 9.78 Å². The van der Waals surface area contributed by atoms with E-state index in [2.05, 4.69) is 11.2 Å². The average molecular weight is 478 g/mol. The summed E-state index contributed by atoms with van der Waals surface area (Å²) in [5, 5.41) is 21.4. The van der Waals surface area contributed by atoms with E-state index in [1.54, 1.807) is 25.7 Å². The quantitative estimate of drug-likeness (QED) is 0.603. The van der Waals surface area contributed by atoms with Gasteiger partial charge in [0.2, 0.25) is 5.91 Å². The van der Waals surface area contributed by atoms with Crippen molar-refractivity contribution >= 4 is 12.0 Å². The van der Waals surface area contributed by atoms with Crippen LogP contribution in [0, 0.1) is 22.8 Å². The molecule has 3 heterocycles. The molecule has 0 unspecified atom stereocenters. The second-order valence-electron chi connectivity index (χ2n) is 10.5. The number of aromatic nitrogens is 1. The summed E-state index contributed by atoms with van der Waals surface area (Å²) in [4.78, 5) is 34.2. The van der Waals surface area contributed by atoms with Crippen molar-refractivity contribution in [2.45, 2.75) is 64.3 Å². The van der Waals surface area contributed by atoms with Gasteiger partial charge in [-0.05, 0) is 51.2 Å². The summed E-state index contributed by atoms with van der Waals surface area (Å²) >= 11 is 0. The zero-order chi connectivity index (χ0) is 25.1. The first-order valence-electron chi connectivity index (χ1n) is 11.3. The van der Waals surface area contributed by atoms with Gasteiger partial charge in [0.25, 0.3) is 0 Å². The predicted molar refractivity (Wildman–Crippen MR) is 111 cm³/mol. The molecule has 1 saturated heterocycles. The molecule has 1 aromatic heterocycles. The van der Waals surface area contributed by atoms with E-state index in [1.165, 1.54) is 9.80 Å². The first kappa shape index (κ1) is 24.1. The van der Waals surface area contributed by atoms with Crippen molar-refractivity contribution in [1.82, 2.24) is 19.7 Å². The number of rotatable bonds is 2. The number of likely N-dealkylation sites (tertiary alicyclic amines) is 1. The first-order valence-corrected chi connectivity index (χ1v) is 11.3. The second-order valence-corrected chi connectivity index (χ2v) is 10.5. The minimum absolute atomic E-state index is 0.000246. The molecule has 1 aliphatic carbocycles. The molecule has 2 aliphatic heterocycles. The number of carboxylic acid groups (broad SMARTS) is 1. The van der Waals surface area contributed by atoms with E-state index in [4.69, 9.17) is 0 Å². The van der Waals surface area contributed by atoms with Crippen LogP contribution in [0.5, 0.6) is 0 Å². The Morgan fingerprint density at radius 2 is 2.03 bits per heavy atom. The number of carbonyl (C=O) groups excluding carboxylic acids is 2. The van der Waals surface area contributed by atoms with Crippen molar-refractivity contribution in [2.75, 3.05) is 19.6 Å². The van der Waals surface area contributed by atoms with Gasteiger partial charge in [0.05, 0.1) is 11.0 Å². The van der Waals surface area contributed by atoms with Gasteiger partial charge in [0, 0.05) is 56.1 Å². The molecule has 2 fully saturated rings. The van der Waals surface area contributed by atoms with Crippen molar-refractivity contribution in [3.05, 3.63) is 29.1 Å². The predicted octanol–water partition coefficient (Wildman–Crippen LogP) is 1.99. The normalized spacial score (nSPS) is 26.6. The molecule has 3 aliphatic rings. The lowest BCUT2D eigenvalue weighted by molar-refractivity contribution is -0.273. The highest BCUT2D eigenvalue weighted by Gasteiger charge is 2.60. The Morgan fingerprint density at radius 1 is 1.32 bits per heavy atom. The highest BCUT2D eigenvalue weighted by Crippen LogP contribution is 2.52. The number of carbonyl (C=O) groups is 2. The second kappa shape index (κ2) is 8.03. The summed E-state index contributed by atoms with van der Waals surface area (Å²) in [6, 6.07) is 0.595. The van der Waals surface area contributed by atoms with Gasteiger partial charge in [-0.15, -0.1) is 0 Å². The van der Waals surface area contributed by atoms with Crippen molar-refractivity contribution in [3.8, 4) is 6.19 Å². The van der Waals surface area contributed by atoms with Crippen LogP contribution in [0.15, 0.2) is 12.3 Å². The number of hydrogen-bond acceptors (Lipinski definition) is 6. The van der Waals surface area contributed by atoms with Crippen LogP contribution in [0.2, 0.25) is 0 Å². The molecule has 34 heavy (non-hydrogen) atoms. The number of pyridine rings is 1. The number of nitrogens with zero attached hydrogens (tertiary/aromatic N) is 5. The van der Waals surface area contributed by atoms with E-state index < -0.39 is 34.8 Å². The third-order valence-corrected chi connectivity index (χ3v) is 7.36. The van der Waals surface area contributed by atoms with Crippen LogP contribution in [-0.2, 0) is 23.9 Å². The summed E-state index contributed by atoms with van der Waals surface area (Å²) < 4.78 is 39.5. The molecule has 0 bridgehead atoms. The lowest BCUT2D eigenvalue weighted by Crippen LogP contribution is -2.56. The smallest absolute Gasteiger partial charge is 0.417 e. The molecule has 11 heteroatoms. The Morgan fingerprint density at radius 3 is 2.62 bits per heavy atom. The topological polar surface area (TPSA) is 104 Å². The molecular weight excluding hydrogens is 451 g/mol. The van der Waals surface area contributed by atoms with E-state index >= 15 is 0 Å². The van der Waals surface area contributed by atoms with Gasteiger partial charge in [-0.2, -0.15) is 18.4 Å². The Labute approximate surface area is 195 Å². The molecule has 3 atom stereocenters. The summed E-state index contributed by atoms with van der Waals surface area (Å²) in [5.74, 6) is -0.483. The molecular formula is C23H27F3N5O3-. The third kappa shape index (κ3) is 4.03. The Hall–Kier alpha value is -3.03. The number of hydrogen-bond donors (Lipinski definition) is 0. The van der Waals surface area contributed by atoms with E-state index in [0.29, 0.717) is 37.2 Å². The van der Waals surface area contributed by atoms with E-state index in [9.17, 15) is 33.1 Å². The minimum Gasteiger partial charge on any atom is -0.530 e. The van der Waals surface area contributed by atoms with Crippen molar-refractivity contribution in [2.24, 2.45) is 11.3 Å². The van der Waals surface area contributed by atoms with Gasteiger partial charge >= 0.3 is 6.18 Å². The number of amides is 2. The van der Waals surface area contributed by atoms with E-state index in [1.807, 2.05) is 0 Å². The molecule has 0 N–H and O–H groups in total. The molecule has 0 spiro atoms. The fourth-order valence-electron chi connectivity index (χ4n) is 5.98. The Balaban J connectivity index is 1.63. The van der Waals surface area contributed by atoms with Crippen LogP contribution in [0.3, 0.4) is 0 Å². The summed E-state index contributed by atoms with van der Waals surface area (Å²) in [5.41, 5.74) is -1.67. The van der Waals surface area contributed by atoms with Crippen LogP contribution >= 0.6 is 0 Å². The largest absolute Gasteiger partial charge is 0.530 e. The molecule has 184 valence electrons. The highest BCUT2D eigenvalue weighted by atomic mass is 19.4. The molecule has 0 radical (unpaired) electrons. The van der Waals surface area contributed by atoms with Crippen LogP contribution in [0.1, 0.15) is 50.4 Å². The van der Waals surface area contributed by atoms with Crippen molar-refractivity contribution in [3.63, 3.8) is 0 Å². The Bertz CT molecular complexity index is 1050. The summed E-state index contributed by atoms with van der Waals surface area (Å²) in [6.45, 7) is 6.10. The standard InChI is InChI=1S/C23H28F3N5O3/c1-21(2,3)31(20(33)34)17-7-16-11-29(13-27)12-22(16,8-17)19(32)30-5-4-18-14(10-30)6-15(9-28-18)23(24,25)26/h6,9,16-17H,4-5,7-8,10-12H2,1-3H3,(H,33,34)/p-1/t16-,17+,22-/m0/s1. The molecule has 4 rings (SSSR count). The minimum atomic E-state index is -4.53. The lowest BCUT2D eigenvalue weighted by atomic mass is 9.78. The highest BCUT2D eigenvalue weighted by molar-refractivity contribution is 5.85. The van der Waals surface area contributed by atoms with Crippen molar-refractivity contribution < 1.29 is 27.9 Å². The van der Waals surface area contributed by atoms with Crippen LogP contribution in [0.4, 0.5) is 18.0 Å². The van der Waals surface area contributed by atoms with Crippen molar-refractivity contribution in [1.29, 1.82) is 5.26 Å². The summed E-state index contributed by atoms with van der Waals surface area (Å²) in [7, 11) is 0. The maximum atomic E-state index is 13.9. The zero-order valence-electron chi connectivity index (χ0n) is 19.4. The maximum absolute atomic E-state index is 13.9.